The molecule has 0 aliphatic carbocycles. The fraction of sp³-hybridized carbons (Fsp3) is 0.600. The van der Waals surface area contributed by atoms with E-state index < -0.39 is 0 Å². The third-order valence-electron chi connectivity index (χ3n) is 4.05. The number of nitrogens with one attached hydrogen (secondary N) is 1. The molecule has 2 aromatic rings. The molecule has 1 fully saturated rings. The van der Waals surface area contributed by atoms with Crippen LogP contribution < -0.4 is 5.32 Å². The van der Waals surface area contributed by atoms with Crippen LogP contribution in [0.3, 0.4) is 0 Å². The molecule has 0 aromatic carbocycles. The number of furan rings is 1. The van der Waals surface area contributed by atoms with E-state index in [1.54, 1.807) is 18.0 Å². The fourth-order valence-electron chi connectivity index (χ4n) is 2.84. The van der Waals surface area contributed by atoms with Crippen LogP contribution in [0.25, 0.3) is 0 Å². The average molecular weight is 350 g/mol. The number of nitrogens with zero attached hydrogens (tertiary/aromatic N) is 5. The molecule has 1 aliphatic heterocycles. The predicted molar refractivity (Wildman–Crippen MR) is 89.2 cm³/mol. The van der Waals surface area contributed by atoms with Crippen LogP contribution in [0, 0.1) is 5.92 Å². The number of rotatable bonds is 7. The second-order valence-electron chi connectivity index (χ2n) is 5.88. The second kappa shape index (κ2) is 8.29. The number of hydrogen-bond acceptors (Lipinski definition) is 7. The number of hydrogen-bond donors (Lipinski definition) is 1. The van der Waals surface area contributed by atoms with Gasteiger partial charge in [-0.05, 0) is 41.9 Å². The zero-order chi connectivity index (χ0) is 16.8. The molecule has 0 saturated carbocycles. The van der Waals surface area contributed by atoms with E-state index in [1.165, 1.54) is 11.8 Å². The molecule has 2 aromatic heterocycles. The molecule has 1 unspecified atom stereocenters. The van der Waals surface area contributed by atoms with E-state index in [-0.39, 0.29) is 11.8 Å². The maximum atomic E-state index is 12.4. The normalized spacial score (nSPS) is 18.6. The quantitative estimate of drug-likeness (QED) is 0.587. The number of amides is 1. The molecule has 8 nitrogen and oxygen atoms in total. The first kappa shape index (κ1) is 17.0. The van der Waals surface area contributed by atoms with Crippen LogP contribution in [0.15, 0.2) is 28.0 Å². The van der Waals surface area contributed by atoms with E-state index in [1.807, 2.05) is 12.1 Å². The Morgan fingerprint density at radius 2 is 2.46 bits per heavy atom. The molecule has 24 heavy (non-hydrogen) atoms. The molecule has 1 saturated heterocycles. The van der Waals surface area contributed by atoms with Crippen molar-refractivity contribution in [2.45, 2.75) is 24.5 Å². The highest BCUT2D eigenvalue weighted by molar-refractivity contribution is 7.99. The Kier molecular flexibility index (Phi) is 5.86. The summed E-state index contributed by atoms with van der Waals surface area (Å²) in [5.41, 5.74) is 0. The first-order chi connectivity index (χ1) is 11.7. The van der Waals surface area contributed by atoms with Crippen molar-refractivity contribution in [3.63, 3.8) is 0 Å². The van der Waals surface area contributed by atoms with Crippen molar-refractivity contribution in [2.24, 2.45) is 13.0 Å². The minimum Gasteiger partial charge on any atom is -0.468 e. The molecule has 9 heteroatoms. The van der Waals surface area contributed by atoms with Crippen LogP contribution in [0.4, 0.5) is 0 Å². The lowest BCUT2D eigenvalue weighted by Gasteiger charge is -2.31. The molecule has 130 valence electrons. The Balaban J connectivity index is 1.38. The van der Waals surface area contributed by atoms with Crippen LogP contribution in [0.5, 0.6) is 0 Å². The molecule has 1 aliphatic rings. The fourth-order valence-corrected chi connectivity index (χ4v) is 3.54. The van der Waals surface area contributed by atoms with Crippen molar-refractivity contribution in [1.29, 1.82) is 0 Å². The Bertz CT molecular complexity index is 644. The molecule has 0 bridgehead atoms. The van der Waals surface area contributed by atoms with Crippen molar-refractivity contribution in [3.8, 4) is 0 Å². The lowest BCUT2D eigenvalue weighted by atomic mass is 9.97. The van der Waals surface area contributed by atoms with Crippen molar-refractivity contribution in [1.82, 2.24) is 30.4 Å². The third kappa shape index (κ3) is 4.57. The molecular formula is C15H22N6O2S. The lowest BCUT2D eigenvalue weighted by molar-refractivity contribution is -0.126. The summed E-state index contributed by atoms with van der Waals surface area (Å²) >= 11 is 1.53. The van der Waals surface area contributed by atoms with Crippen LogP contribution in [0.2, 0.25) is 0 Å². The summed E-state index contributed by atoms with van der Waals surface area (Å²) in [5.74, 6) is 1.89. The van der Waals surface area contributed by atoms with Gasteiger partial charge in [0.2, 0.25) is 11.1 Å². The minimum absolute atomic E-state index is 0.0511. The summed E-state index contributed by atoms with van der Waals surface area (Å²) in [4.78, 5) is 14.6. The van der Waals surface area contributed by atoms with Crippen molar-refractivity contribution >= 4 is 17.7 Å². The van der Waals surface area contributed by atoms with Gasteiger partial charge < -0.3 is 9.73 Å². The number of aromatic nitrogens is 4. The number of aryl methyl sites for hydroxylation is 1. The molecule has 3 heterocycles. The standard InChI is InChI=1S/C15H22N6O2S/c1-20-15(17-18-19-20)24-9-6-16-14(22)12-4-2-7-21(10-12)11-13-5-3-8-23-13/h3,5,8,12H,2,4,6-7,9-11H2,1H3,(H,16,22). The van der Waals surface area contributed by atoms with E-state index in [0.29, 0.717) is 6.54 Å². The lowest BCUT2D eigenvalue weighted by Crippen LogP contribution is -2.43. The van der Waals surface area contributed by atoms with Crippen LogP contribution in [-0.2, 0) is 18.4 Å². The molecule has 1 atom stereocenters. The molecule has 1 amide bonds. The zero-order valence-electron chi connectivity index (χ0n) is 13.7. The van der Waals surface area contributed by atoms with Gasteiger partial charge >= 0.3 is 0 Å². The van der Waals surface area contributed by atoms with Crippen LogP contribution in [0.1, 0.15) is 18.6 Å². The smallest absolute Gasteiger partial charge is 0.224 e. The molecule has 3 rings (SSSR count). The van der Waals surface area contributed by atoms with Gasteiger partial charge in [-0.2, -0.15) is 0 Å². The number of likely N-dealkylation sites (tertiary alicyclic amines) is 1. The Morgan fingerprint density at radius 1 is 1.54 bits per heavy atom. The Hall–Kier alpha value is -1.87. The van der Waals surface area contributed by atoms with Gasteiger partial charge in [-0.25, -0.2) is 4.68 Å². The largest absolute Gasteiger partial charge is 0.468 e. The van der Waals surface area contributed by atoms with E-state index in [0.717, 1.165) is 49.1 Å². The monoisotopic (exact) mass is 350 g/mol. The van der Waals surface area contributed by atoms with Crippen LogP contribution >= 0.6 is 11.8 Å². The number of thioether (sulfide) groups is 1. The summed E-state index contributed by atoms with van der Waals surface area (Å²) in [5, 5.41) is 15.1. The Morgan fingerprint density at radius 3 is 3.21 bits per heavy atom. The minimum atomic E-state index is 0.0511. The highest BCUT2D eigenvalue weighted by Gasteiger charge is 2.25. The molecule has 0 spiro atoms. The second-order valence-corrected chi connectivity index (χ2v) is 6.94. The van der Waals surface area contributed by atoms with E-state index in [4.69, 9.17) is 4.42 Å². The van der Waals surface area contributed by atoms with Gasteiger partial charge in [-0.15, -0.1) is 5.10 Å². The predicted octanol–water partition coefficient (Wildman–Crippen LogP) is 0.924. The third-order valence-corrected chi connectivity index (χ3v) is 5.06. The topological polar surface area (TPSA) is 89.1 Å². The number of piperidine rings is 1. The number of carbonyl (C=O) groups excluding carboxylic acids is 1. The van der Waals surface area contributed by atoms with Gasteiger partial charge in [0.05, 0.1) is 18.7 Å². The summed E-state index contributed by atoms with van der Waals surface area (Å²) in [6.07, 6.45) is 3.67. The van der Waals surface area contributed by atoms with Crippen molar-refractivity contribution in [2.75, 3.05) is 25.4 Å². The van der Waals surface area contributed by atoms with Crippen molar-refractivity contribution in [3.05, 3.63) is 24.2 Å². The van der Waals surface area contributed by atoms with Gasteiger partial charge in [-0.1, -0.05) is 11.8 Å². The number of tetrazole rings is 1. The van der Waals surface area contributed by atoms with Gasteiger partial charge in [0.25, 0.3) is 0 Å². The van der Waals surface area contributed by atoms with E-state index >= 15 is 0 Å². The van der Waals surface area contributed by atoms with Gasteiger partial charge in [-0.3, -0.25) is 9.69 Å². The highest BCUT2D eigenvalue weighted by atomic mass is 32.2. The van der Waals surface area contributed by atoms with Crippen LogP contribution in [-0.4, -0.2) is 56.4 Å². The molecule has 0 radical (unpaired) electrons. The summed E-state index contributed by atoms with van der Waals surface area (Å²) in [6.45, 7) is 3.18. The molecular weight excluding hydrogens is 328 g/mol. The average Bonchev–Trinajstić information content (AvgIpc) is 3.24. The maximum Gasteiger partial charge on any atom is 0.224 e. The van der Waals surface area contributed by atoms with Gasteiger partial charge in [0.15, 0.2) is 0 Å². The van der Waals surface area contributed by atoms with Gasteiger partial charge in [0.1, 0.15) is 5.76 Å². The first-order valence-corrected chi connectivity index (χ1v) is 9.08. The highest BCUT2D eigenvalue weighted by Crippen LogP contribution is 2.19. The summed E-state index contributed by atoms with van der Waals surface area (Å²) < 4.78 is 7.02. The maximum absolute atomic E-state index is 12.4. The SMILES string of the molecule is Cn1nnnc1SCCNC(=O)C1CCCN(Cc2ccco2)C1. The van der Waals surface area contributed by atoms with E-state index in [2.05, 4.69) is 25.7 Å². The molecule has 1 N–H and O–H groups in total. The van der Waals surface area contributed by atoms with Crippen molar-refractivity contribution < 1.29 is 9.21 Å². The zero-order valence-corrected chi connectivity index (χ0v) is 14.5. The summed E-state index contributed by atoms with van der Waals surface area (Å²) in [6, 6.07) is 3.87. The number of carbonyl (C=O) groups is 1. The van der Waals surface area contributed by atoms with Gasteiger partial charge in [0, 0.05) is 25.9 Å². The van der Waals surface area contributed by atoms with E-state index in [9.17, 15) is 4.79 Å². The Labute approximate surface area is 145 Å². The first-order valence-electron chi connectivity index (χ1n) is 8.10. The summed E-state index contributed by atoms with van der Waals surface area (Å²) in [7, 11) is 1.80.